The van der Waals surface area contributed by atoms with Gasteiger partial charge in [0.2, 0.25) is 0 Å². The highest BCUT2D eigenvalue weighted by Gasteiger charge is 2.65. The first-order valence-corrected chi connectivity index (χ1v) is 9.06. The maximum Gasteiger partial charge on any atom is 0.452 e. The monoisotopic (exact) mass is 576 g/mol. The van der Waals surface area contributed by atoms with Crippen LogP contribution in [0.4, 0.5) is 52.7 Å². The SMILES string of the molecule is C=CC(=O)OCC(F)(F)OC(F)(F)C(F)(F)OCCCOC(F)(F)C(F)(F)OC(F)(F)COC(=O)C=C. The number of hydrogen-bond acceptors (Lipinski definition) is 8. The van der Waals surface area contributed by atoms with Crippen LogP contribution in [0, 0.1) is 0 Å². The van der Waals surface area contributed by atoms with Crippen molar-refractivity contribution >= 4 is 11.9 Å². The molecule has 37 heavy (non-hydrogen) atoms. The zero-order chi connectivity index (χ0) is 29.3. The van der Waals surface area contributed by atoms with Gasteiger partial charge in [-0.2, -0.15) is 52.7 Å². The van der Waals surface area contributed by atoms with E-state index in [0.717, 1.165) is 0 Å². The molecule has 0 bridgehead atoms. The highest BCUT2D eigenvalue weighted by Crippen LogP contribution is 2.42. The largest absolute Gasteiger partial charge is 0.453 e. The number of ether oxygens (including phenoxy) is 6. The fourth-order valence-electron chi connectivity index (χ4n) is 1.61. The Balaban J connectivity index is 4.84. The maximum absolute atomic E-state index is 13.4. The smallest absolute Gasteiger partial charge is 0.452 e. The van der Waals surface area contributed by atoms with Crippen molar-refractivity contribution in [2.75, 3.05) is 26.4 Å². The summed E-state index contributed by atoms with van der Waals surface area (Å²) in [4.78, 5) is 21.2. The Morgan fingerprint density at radius 1 is 0.568 bits per heavy atom. The Labute approximate surface area is 198 Å². The van der Waals surface area contributed by atoms with Gasteiger partial charge in [0.1, 0.15) is 0 Å². The summed E-state index contributed by atoms with van der Waals surface area (Å²) in [6.45, 7) is -2.42. The van der Waals surface area contributed by atoms with Gasteiger partial charge in [-0.15, -0.1) is 0 Å². The number of halogens is 12. The van der Waals surface area contributed by atoms with Gasteiger partial charge < -0.3 is 18.9 Å². The number of esters is 2. The average molecular weight is 576 g/mol. The van der Waals surface area contributed by atoms with Crippen molar-refractivity contribution in [1.29, 1.82) is 0 Å². The molecule has 0 saturated carbocycles. The normalized spacial score (nSPS) is 13.7. The van der Waals surface area contributed by atoms with Crippen LogP contribution in [0.1, 0.15) is 6.42 Å². The van der Waals surface area contributed by atoms with E-state index in [1.165, 1.54) is 0 Å². The van der Waals surface area contributed by atoms with E-state index in [-0.39, 0.29) is 0 Å². The Kier molecular flexibility index (Phi) is 11.9. The molecule has 0 N–H and O–H groups in total. The number of carbonyl (C=O) groups is 2. The van der Waals surface area contributed by atoms with E-state index in [1.54, 1.807) is 0 Å². The number of hydrogen-bond donors (Lipinski definition) is 0. The summed E-state index contributed by atoms with van der Waals surface area (Å²) in [7, 11) is 0. The highest BCUT2D eigenvalue weighted by molar-refractivity contribution is 5.81. The van der Waals surface area contributed by atoms with Crippen LogP contribution >= 0.6 is 0 Å². The van der Waals surface area contributed by atoms with Crippen molar-refractivity contribution < 1.29 is 90.7 Å². The van der Waals surface area contributed by atoms with Gasteiger partial charge in [-0.25, -0.2) is 19.1 Å². The Hall–Kier alpha value is -2.58. The predicted octanol–water partition coefficient (Wildman–Crippen LogP) is 4.46. The molecule has 20 heteroatoms. The van der Waals surface area contributed by atoms with Gasteiger partial charge in [0, 0.05) is 12.2 Å². The Morgan fingerprint density at radius 3 is 1.14 bits per heavy atom. The fourth-order valence-corrected chi connectivity index (χ4v) is 1.61. The zero-order valence-electron chi connectivity index (χ0n) is 17.9. The molecular weight excluding hydrogens is 560 g/mol. The van der Waals surface area contributed by atoms with Crippen LogP contribution in [0.2, 0.25) is 0 Å². The molecule has 0 aromatic heterocycles. The molecule has 0 aliphatic heterocycles. The van der Waals surface area contributed by atoms with Crippen LogP contribution in [0.3, 0.4) is 0 Å². The molecule has 0 saturated heterocycles. The minimum atomic E-state index is -6.11. The van der Waals surface area contributed by atoms with Crippen molar-refractivity contribution in [3.05, 3.63) is 25.3 Å². The van der Waals surface area contributed by atoms with E-state index in [0.29, 0.717) is 12.2 Å². The van der Waals surface area contributed by atoms with Crippen molar-refractivity contribution in [3.63, 3.8) is 0 Å². The summed E-state index contributed by atoms with van der Waals surface area (Å²) >= 11 is 0. The molecule has 0 unspecified atom stereocenters. The quantitative estimate of drug-likeness (QED) is 0.102. The van der Waals surface area contributed by atoms with E-state index in [1.807, 2.05) is 0 Å². The molecule has 0 atom stereocenters. The standard InChI is InChI=1S/C17H16F12O8/c1-3-10(30)32-8-12(18,19)36-16(26,27)14(22,23)34-6-5-7-35-15(24,25)17(28,29)37-13(20,21)9-33-11(31)4-2/h3-4H,1-2,5-9H2. The summed E-state index contributed by atoms with van der Waals surface area (Å²) in [5, 5.41) is 0. The first-order valence-electron chi connectivity index (χ1n) is 9.06. The summed E-state index contributed by atoms with van der Waals surface area (Å²) in [5.74, 6) is -3.11. The van der Waals surface area contributed by atoms with Gasteiger partial charge in [0.15, 0.2) is 13.2 Å². The summed E-state index contributed by atoms with van der Waals surface area (Å²) in [6.07, 6.45) is -35.0. The van der Waals surface area contributed by atoms with Gasteiger partial charge in [-0.1, -0.05) is 13.2 Å². The fraction of sp³-hybridized carbons (Fsp3) is 0.647. The van der Waals surface area contributed by atoms with Gasteiger partial charge in [-0.05, 0) is 6.42 Å². The summed E-state index contributed by atoms with van der Waals surface area (Å²) < 4.78 is 179. The third-order valence-electron chi connectivity index (χ3n) is 3.19. The highest BCUT2D eigenvalue weighted by atomic mass is 19.3. The second kappa shape index (κ2) is 12.8. The maximum atomic E-state index is 13.4. The van der Waals surface area contributed by atoms with Crippen LogP contribution in [0.5, 0.6) is 0 Å². The number of alkyl halides is 12. The third-order valence-corrected chi connectivity index (χ3v) is 3.19. The van der Waals surface area contributed by atoms with E-state index in [2.05, 4.69) is 41.6 Å². The number of rotatable bonds is 18. The van der Waals surface area contributed by atoms with Crippen molar-refractivity contribution in [3.8, 4) is 0 Å². The molecule has 0 heterocycles. The molecule has 8 nitrogen and oxygen atoms in total. The lowest BCUT2D eigenvalue weighted by Gasteiger charge is -2.29. The average Bonchev–Trinajstić information content (AvgIpc) is 2.73. The molecule has 0 spiro atoms. The van der Waals surface area contributed by atoms with Crippen LogP contribution in [-0.4, -0.2) is 75.0 Å². The lowest BCUT2D eigenvalue weighted by atomic mass is 10.4. The van der Waals surface area contributed by atoms with E-state index < -0.39 is 81.4 Å². The minimum Gasteiger partial charge on any atom is -0.453 e. The minimum absolute atomic E-state index is 0.325. The van der Waals surface area contributed by atoms with Crippen molar-refractivity contribution in [2.24, 2.45) is 0 Å². The van der Waals surface area contributed by atoms with Gasteiger partial charge in [0.05, 0.1) is 13.2 Å². The molecule has 0 aliphatic rings. The molecule has 0 rings (SSSR count). The van der Waals surface area contributed by atoms with E-state index in [4.69, 9.17) is 0 Å². The molecule has 0 aromatic rings. The summed E-state index contributed by atoms with van der Waals surface area (Å²) in [5.41, 5.74) is 0. The van der Waals surface area contributed by atoms with Crippen molar-refractivity contribution in [2.45, 2.75) is 43.1 Å². The predicted molar refractivity (Wildman–Crippen MR) is 90.7 cm³/mol. The van der Waals surface area contributed by atoms with Gasteiger partial charge in [0.25, 0.3) is 0 Å². The molecular formula is C17H16F12O8. The Morgan fingerprint density at radius 2 is 0.865 bits per heavy atom. The first-order chi connectivity index (χ1) is 16.5. The van der Waals surface area contributed by atoms with Crippen LogP contribution < -0.4 is 0 Å². The lowest BCUT2D eigenvalue weighted by molar-refractivity contribution is -0.486. The van der Waals surface area contributed by atoms with E-state index >= 15 is 0 Å². The Bertz CT molecular complexity index is 739. The van der Waals surface area contributed by atoms with Gasteiger partial charge >= 0.3 is 48.6 Å². The topological polar surface area (TPSA) is 89.5 Å². The second-order valence-electron chi connectivity index (χ2n) is 6.22. The molecule has 0 aliphatic carbocycles. The molecule has 0 amide bonds. The lowest BCUT2D eigenvalue weighted by Crippen LogP contribution is -2.50. The third kappa shape index (κ3) is 11.6. The van der Waals surface area contributed by atoms with E-state index in [9.17, 15) is 62.3 Å². The molecule has 216 valence electrons. The van der Waals surface area contributed by atoms with Crippen LogP contribution in [0.25, 0.3) is 0 Å². The molecule has 0 radical (unpaired) electrons. The zero-order valence-corrected chi connectivity index (χ0v) is 17.9. The van der Waals surface area contributed by atoms with Crippen LogP contribution in [0.15, 0.2) is 25.3 Å². The second-order valence-corrected chi connectivity index (χ2v) is 6.22. The molecule has 0 fully saturated rings. The first kappa shape index (κ1) is 34.4. The van der Waals surface area contributed by atoms with Crippen LogP contribution in [-0.2, 0) is 38.0 Å². The molecule has 0 aromatic carbocycles. The van der Waals surface area contributed by atoms with Crippen molar-refractivity contribution in [1.82, 2.24) is 0 Å². The van der Waals surface area contributed by atoms with Gasteiger partial charge in [-0.3, -0.25) is 0 Å². The summed E-state index contributed by atoms with van der Waals surface area (Å²) in [6, 6.07) is 0. The number of carbonyl (C=O) groups excluding carboxylic acids is 2.